The minimum Gasteiger partial charge on any atom is -0.493 e. The van der Waals surface area contributed by atoms with E-state index in [0.717, 1.165) is 39.0 Å². The molecule has 1 aromatic heterocycles. The average Bonchev–Trinajstić information content (AvgIpc) is 3.06. The Labute approximate surface area is 171 Å². The number of anilines is 1. The lowest BCUT2D eigenvalue weighted by atomic mass is 9.98. The zero-order valence-electron chi connectivity index (χ0n) is 17.6. The fourth-order valence-corrected chi connectivity index (χ4v) is 3.36. The van der Waals surface area contributed by atoms with Gasteiger partial charge in [0.25, 0.3) is 0 Å². The Bertz CT molecular complexity index is 1060. The molecule has 0 aliphatic rings. The van der Waals surface area contributed by atoms with E-state index in [0.29, 0.717) is 24.7 Å². The van der Waals surface area contributed by atoms with E-state index in [-0.39, 0.29) is 5.91 Å². The maximum atomic E-state index is 12.7. The van der Waals surface area contributed by atoms with E-state index >= 15 is 0 Å². The van der Waals surface area contributed by atoms with Crippen LogP contribution in [0.1, 0.15) is 37.5 Å². The zero-order valence-corrected chi connectivity index (χ0v) is 17.6. The number of para-hydroxylation sites is 2. The van der Waals surface area contributed by atoms with Crippen LogP contribution < -0.4 is 14.8 Å². The van der Waals surface area contributed by atoms with Gasteiger partial charge < -0.3 is 19.2 Å². The molecule has 5 heteroatoms. The van der Waals surface area contributed by atoms with E-state index in [1.54, 1.807) is 12.3 Å². The molecule has 1 amide bonds. The Morgan fingerprint density at radius 3 is 2.59 bits per heavy atom. The first-order valence-corrected chi connectivity index (χ1v) is 9.81. The van der Waals surface area contributed by atoms with Gasteiger partial charge in [0, 0.05) is 22.6 Å². The van der Waals surface area contributed by atoms with Crippen LogP contribution in [0, 0.1) is 13.8 Å². The minimum atomic E-state index is -0.223. The van der Waals surface area contributed by atoms with Gasteiger partial charge in [0.1, 0.15) is 17.1 Å². The summed E-state index contributed by atoms with van der Waals surface area (Å²) in [6, 6.07) is 9.42. The first-order valence-electron chi connectivity index (χ1n) is 9.81. The van der Waals surface area contributed by atoms with Gasteiger partial charge in [-0.1, -0.05) is 12.1 Å². The van der Waals surface area contributed by atoms with Crippen LogP contribution in [0.15, 0.2) is 47.1 Å². The first kappa shape index (κ1) is 20.5. The Hall–Kier alpha value is -3.21. The largest absolute Gasteiger partial charge is 0.493 e. The highest BCUT2D eigenvalue weighted by atomic mass is 16.5. The van der Waals surface area contributed by atoms with Crippen LogP contribution in [0.2, 0.25) is 0 Å². The maximum absolute atomic E-state index is 12.7. The molecule has 152 valence electrons. The average molecular weight is 393 g/mol. The predicted octanol–water partition coefficient (Wildman–Crippen LogP) is 5.89. The summed E-state index contributed by atoms with van der Waals surface area (Å²) in [5, 5.41) is 3.93. The number of carbonyl (C=O) groups excluding carboxylic acids is 1. The molecule has 3 rings (SSSR count). The van der Waals surface area contributed by atoms with Crippen molar-refractivity contribution in [2.24, 2.45) is 0 Å². The van der Waals surface area contributed by atoms with Crippen LogP contribution >= 0.6 is 0 Å². The number of benzene rings is 2. The SMILES string of the molecule is CCOc1ccccc1NC(=O)/C=C(\C)c1cc2c(C)coc2c(C)c1OCC. The molecule has 3 aromatic rings. The number of hydrogen-bond acceptors (Lipinski definition) is 4. The number of ether oxygens (including phenoxy) is 2. The van der Waals surface area contributed by atoms with Crippen LogP contribution in [-0.4, -0.2) is 19.1 Å². The van der Waals surface area contributed by atoms with Crippen molar-refractivity contribution in [3.8, 4) is 11.5 Å². The van der Waals surface area contributed by atoms with Crippen molar-refractivity contribution >= 4 is 28.1 Å². The molecule has 0 atom stereocenters. The number of fused-ring (bicyclic) bond motifs is 1. The fraction of sp³-hybridized carbons (Fsp3) is 0.292. The van der Waals surface area contributed by atoms with Crippen molar-refractivity contribution in [2.45, 2.75) is 34.6 Å². The summed E-state index contributed by atoms with van der Waals surface area (Å²) in [4.78, 5) is 12.7. The van der Waals surface area contributed by atoms with E-state index in [9.17, 15) is 4.79 Å². The molecule has 0 fully saturated rings. The lowest BCUT2D eigenvalue weighted by Crippen LogP contribution is -2.10. The second kappa shape index (κ2) is 8.86. The van der Waals surface area contributed by atoms with Crippen LogP contribution in [0.5, 0.6) is 11.5 Å². The Morgan fingerprint density at radius 2 is 1.86 bits per heavy atom. The summed E-state index contributed by atoms with van der Waals surface area (Å²) in [6.07, 6.45) is 3.33. The lowest BCUT2D eigenvalue weighted by molar-refractivity contribution is -0.111. The molecular formula is C24H27NO4. The normalized spacial score (nSPS) is 11.6. The second-order valence-corrected chi connectivity index (χ2v) is 6.85. The van der Waals surface area contributed by atoms with Gasteiger partial charge in [0.2, 0.25) is 5.91 Å². The minimum absolute atomic E-state index is 0.223. The molecule has 0 saturated carbocycles. The number of allylic oxidation sites excluding steroid dienone is 1. The number of rotatable bonds is 7. The summed E-state index contributed by atoms with van der Waals surface area (Å²) >= 11 is 0. The third-order valence-corrected chi connectivity index (χ3v) is 4.74. The predicted molar refractivity (Wildman–Crippen MR) is 117 cm³/mol. The quantitative estimate of drug-likeness (QED) is 0.509. The van der Waals surface area contributed by atoms with Crippen molar-refractivity contribution in [3.05, 3.63) is 59.4 Å². The molecule has 2 aromatic carbocycles. The number of nitrogens with one attached hydrogen (secondary N) is 1. The molecule has 0 aliphatic carbocycles. The standard InChI is InChI=1S/C24H27NO4/c1-6-27-21-11-9-8-10-20(21)25-22(26)12-15(3)18-13-19-16(4)14-29-24(19)17(5)23(18)28-7-2/h8-14H,6-7H2,1-5H3,(H,25,26)/b15-12+. The highest BCUT2D eigenvalue weighted by Crippen LogP contribution is 2.37. The monoisotopic (exact) mass is 393 g/mol. The Morgan fingerprint density at radius 1 is 1.14 bits per heavy atom. The van der Waals surface area contributed by atoms with Crippen molar-refractivity contribution in [1.82, 2.24) is 0 Å². The number of hydrogen-bond donors (Lipinski definition) is 1. The topological polar surface area (TPSA) is 60.7 Å². The van der Waals surface area contributed by atoms with Crippen molar-refractivity contribution in [3.63, 3.8) is 0 Å². The van der Waals surface area contributed by atoms with Crippen LogP contribution in [0.3, 0.4) is 0 Å². The van der Waals surface area contributed by atoms with Crippen molar-refractivity contribution in [1.29, 1.82) is 0 Å². The number of furan rings is 1. The summed E-state index contributed by atoms with van der Waals surface area (Å²) in [7, 11) is 0. The number of aryl methyl sites for hydroxylation is 2. The lowest BCUT2D eigenvalue weighted by Gasteiger charge is -2.15. The summed E-state index contributed by atoms with van der Waals surface area (Å²) < 4.78 is 17.2. The van der Waals surface area contributed by atoms with E-state index in [2.05, 4.69) is 5.32 Å². The van der Waals surface area contributed by atoms with Gasteiger partial charge in [-0.2, -0.15) is 0 Å². The van der Waals surface area contributed by atoms with E-state index in [1.165, 1.54) is 0 Å². The van der Waals surface area contributed by atoms with E-state index < -0.39 is 0 Å². The summed E-state index contributed by atoms with van der Waals surface area (Å²) in [6.45, 7) is 10.8. The molecule has 5 nitrogen and oxygen atoms in total. The molecule has 1 heterocycles. The highest BCUT2D eigenvalue weighted by Gasteiger charge is 2.17. The van der Waals surface area contributed by atoms with Gasteiger partial charge >= 0.3 is 0 Å². The van der Waals surface area contributed by atoms with Crippen LogP contribution in [0.25, 0.3) is 16.5 Å². The molecule has 1 N–H and O–H groups in total. The fourth-order valence-electron chi connectivity index (χ4n) is 3.36. The third kappa shape index (κ3) is 4.29. The molecule has 0 bridgehead atoms. The van der Waals surface area contributed by atoms with Gasteiger partial charge in [0.15, 0.2) is 0 Å². The molecule has 0 saturated heterocycles. The van der Waals surface area contributed by atoms with E-state index in [4.69, 9.17) is 13.9 Å². The van der Waals surface area contributed by atoms with Crippen molar-refractivity contribution in [2.75, 3.05) is 18.5 Å². The van der Waals surface area contributed by atoms with Crippen LogP contribution in [-0.2, 0) is 4.79 Å². The van der Waals surface area contributed by atoms with Crippen LogP contribution in [0.4, 0.5) is 5.69 Å². The summed E-state index contributed by atoms with van der Waals surface area (Å²) in [5.41, 5.74) is 5.14. The Balaban J connectivity index is 1.97. The first-order chi connectivity index (χ1) is 14.0. The van der Waals surface area contributed by atoms with Crippen molar-refractivity contribution < 1.29 is 18.7 Å². The number of amides is 1. The summed E-state index contributed by atoms with van der Waals surface area (Å²) in [5.74, 6) is 1.17. The zero-order chi connectivity index (χ0) is 21.0. The smallest absolute Gasteiger partial charge is 0.248 e. The van der Waals surface area contributed by atoms with Gasteiger partial charge in [-0.05, 0) is 64.0 Å². The molecular weight excluding hydrogens is 366 g/mol. The maximum Gasteiger partial charge on any atom is 0.248 e. The molecule has 29 heavy (non-hydrogen) atoms. The van der Waals surface area contributed by atoms with E-state index in [1.807, 2.05) is 65.0 Å². The molecule has 0 unspecified atom stereocenters. The van der Waals surface area contributed by atoms with Gasteiger partial charge in [0.05, 0.1) is 25.2 Å². The van der Waals surface area contributed by atoms with Gasteiger partial charge in [-0.15, -0.1) is 0 Å². The Kier molecular flexibility index (Phi) is 6.27. The van der Waals surface area contributed by atoms with Gasteiger partial charge in [-0.25, -0.2) is 0 Å². The molecule has 0 radical (unpaired) electrons. The molecule has 0 aliphatic heterocycles. The number of carbonyl (C=O) groups is 1. The van der Waals surface area contributed by atoms with Gasteiger partial charge in [-0.3, -0.25) is 4.79 Å². The third-order valence-electron chi connectivity index (χ3n) is 4.74. The second-order valence-electron chi connectivity index (χ2n) is 6.85. The highest BCUT2D eigenvalue weighted by molar-refractivity contribution is 6.05. The molecule has 0 spiro atoms.